The van der Waals surface area contributed by atoms with Crippen LogP contribution in [0, 0.1) is 0 Å². The molecule has 1 atom stereocenters. The summed E-state index contributed by atoms with van der Waals surface area (Å²) in [6.07, 6.45) is -0.416. The third-order valence-electron chi connectivity index (χ3n) is 3.10. The van der Waals surface area contributed by atoms with Gasteiger partial charge in [0.1, 0.15) is 11.7 Å². The third-order valence-corrected chi connectivity index (χ3v) is 3.10. The van der Waals surface area contributed by atoms with E-state index in [4.69, 9.17) is 5.73 Å². The van der Waals surface area contributed by atoms with Gasteiger partial charge >= 0.3 is 13.1 Å². The molecule has 0 aromatic heterocycles. The number of nitrogens with two attached hydrogens (primary N) is 1. The maximum absolute atomic E-state index is 11.8. The molecule has 0 bridgehead atoms. The summed E-state index contributed by atoms with van der Waals surface area (Å²) in [5.74, 6) is -0.724. The normalized spacial score (nSPS) is 12.8. The lowest BCUT2D eigenvalue weighted by molar-refractivity contribution is -0.118. The molecule has 0 unspecified atom stereocenters. The molecule has 118 valence electrons. The molecule has 6 N–H and O–H groups in total. The van der Waals surface area contributed by atoms with Crippen LogP contribution in [0.2, 0.25) is 0 Å². The minimum absolute atomic E-state index is 0.183. The number of primary amides is 1. The predicted octanol–water partition coefficient (Wildman–Crippen LogP) is -1.30. The highest BCUT2D eigenvalue weighted by Gasteiger charge is 2.43. The van der Waals surface area contributed by atoms with Gasteiger partial charge in [0, 0.05) is 13.0 Å². The van der Waals surface area contributed by atoms with Crippen LogP contribution in [0.25, 0.3) is 0 Å². The molecule has 1 aromatic carbocycles. The van der Waals surface area contributed by atoms with Crippen LogP contribution in [0.1, 0.15) is 18.4 Å². The van der Waals surface area contributed by atoms with Gasteiger partial charge in [-0.25, -0.2) is 4.79 Å². The van der Waals surface area contributed by atoms with Gasteiger partial charge in [0.25, 0.3) is 0 Å². The maximum Gasteiger partial charge on any atom is 0.486 e. The summed E-state index contributed by atoms with van der Waals surface area (Å²) in [5.41, 5.74) is 3.81. The number of urea groups is 1. The molecule has 0 heterocycles. The largest absolute Gasteiger partial charge is 0.486 e. The number of hydrogen-bond donors (Lipinski definition) is 5. The van der Waals surface area contributed by atoms with Crippen molar-refractivity contribution < 1.29 is 24.4 Å². The molecule has 8 nitrogen and oxygen atoms in total. The van der Waals surface area contributed by atoms with Gasteiger partial charge < -0.3 is 31.2 Å². The first-order valence-corrected chi connectivity index (χ1v) is 6.60. The van der Waals surface area contributed by atoms with Crippen LogP contribution in [-0.4, -0.2) is 40.8 Å². The van der Waals surface area contributed by atoms with Crippen LogP contribution in [0.5, 0.6) is 0 Å². The van der Waals surface area contributed by atoms with Gasteiger partial charge in [0.2, 0.25) is 5.91 Å². The fourth-order valence-corrected chi connectivity index (χ4v) is 1.77. The Hall–Kier alpha value is -2.39. The van der Waals surface area contributed by atoms with E-state index in [1.54, 1.807) is 24.3 Å². The monoisotopic (exact) mass is 307 g/mol. The quantitative estimate of drug-likeness (QED) is 0.300. The zero-order chi connectivity index (χ0) is 16.6. The Balaban J connectivity index is 2.66. The van der Waals surface area contributed by atoms with Crippen molar-refractivity contribution in [1.29, 1.82) is 0 Å². The van der Waals surface area contributed by atoms with E-state index >= 15 is 0 Å². The minimum atomic E-state index is -2.16. The highest BCUT2D eigenvalue weighted by atomic mass is 16.4. The number of carbonyl (C=O) groups excluding carboxylic acids is 3. The number of aldehydes is 1. The summed E-state index contributed by atoms with van der Waals surface area (Å²) >= 11 is 0. The van der Waals surface area contributed by atoms with Crippen LogP contribution in [-0.2, 0) is 16.1 Å². The Morgan fingerprint density at radius 3 is 2.41 bits per heavy atom. The predicted molar refractivity (Wildman–Crippen MR) is 79.2 cm³/mol. The fourth-order valence-electron chi connectivity index (χ4n) is 1.77. The number of benzene rings is 1. The standard InChI is InChI=1S/C13H18BN3O5/c15-11(19)6-7-13(9-18,14(21)22)17-12(20)16-8-10-4-2-1-3-5-10/h1-5,9,21-22H,6-8H2,(H2,15,19)(H2,16,17,20)/t13-/m0/s1. The topological polar surface area (TPSA) is 142 Å². The van der Waals surface area contributed by atoms with E-state index in [2.05, 4.69) is 10.6 Å². The zero-order valence-corrected chi connectivity index (χ0v) is 11.9. The van der Waals surface area contributed by atoms with E-state index in [1.165, 1.54) is 0 Å². The lowest BCUT2D eigenvalue weighted by atomic mass is 9.63. The van der Waals surface area contributed by atoms with Crippen molar-refractivity contribution in [3.05, 3.63) is 35.9 Å². The molecule has 22 heavy (non-hydrogen) atoms. The molecule has 1 rings (SSSR count). The fraction of sp³-hybridized carbons (Fsp3) is 0.308. The summed E-state index contributed by atoms with van der Waals surface area (Å²) in [4.78, 5) is 33.8. The average molecular weight is 307 g/mol. The van der Waals surface area contributed by atoms with Crippen molar-refractivity contribution >= 4 is 25.3 Å². The Bertz CT molecular complexity index is 526. The molecule has 0 aliphatic carbocycles. The van der Waals surface area contributed by atoms with Crippen molar-refractivity contribution in [3.8, 4) is 0 Å². The Morgan fingerprint density at radius 1 is 1.27 bits per heavy atom. The van der Waals surface area contributed by atoms with Crippen LogP contribution in [0.15, 0.2) is 30.3 Å². The van der Waals surface area contributed by atoms with Crippen molar-refractivity contribution in [1.82, 2.24) is 10.6 Å². The van der Waals surface area contributed by atoms with Crippen LogP contribution in [0.4, 0.5) is 4.79 Å². The number of carbonyl (C=O) groups is 3. The summed E-state index contributed by atoms with van der Waals surface area (Å²) in [6.45, 7) is 0.193. The lowest BCUT2D eigenvalue weighted by Crippen LogP contribution is -2.63. The van der Waals surface area contributed by atoms with E-state index in [1.807, 2.05) is 6.07 Å². The molecule has 0 fully saturated rings. The smallest absolute Gasteiger partial charge is 0.425 e. The second-order valence-corrected chi connectivity index (χ2v) is 4.79. The lowest BCUT2D eigenvalue weighted by Gasteiger charge is -2.27. The molecular formula is C13H18BN3O5. The second-order valence-electron chi connectivity index (χ2n) is 4.79. The van der Waals surface area contributed by atoms with Crippen molar-refractivity contribution in [2.75, 3.05) is 0 Å². The number of hydrogen-bond acceptors (Lipinski definition) is 5. The number of nitrogens with one attached hydrogen (secondary N) is 2. The molecule has 1 aromatic rings. The van der Waals surface area contributed by atoms with Gasteiger partial charge in [0.15, 0.2) is 0 Å². The first-order chi connectivity index (χ1) is 10.4. The van der Waals surface area contributed by atoms with Crippen LogP contribution >= 0.6 is 0 Å². The first kappa shape index (κ1) is 17.7. The van der Waals surface area contributed by atoms with E-state index in [0.717, 1.165) is 5.56 Å². The molecule has 9 heteroatoms. The highest BCUT2D eigenvalue weighted by molar-refractivity contribution is 6.51. The summed E-state index contributed by atoms with van der Waals surface area (Å²) in [7, 11) is -2.16. The molecule has 0 spiro atoms. The first-order valence-electron chi connectivity index (χ1n) is 6.60. The third kappa shape index (κ3) is 5.19. The Kier molecular flexibility index (Phi) is 6.55. The zero-order valence-electron chi connectivity index (χ0n) is 11.9. The van der Waals surface area contributed by atoms with Gasteiger partial charge in [-0.1, -0.05) is 30.3 Å². The SMILES string of the molecule is NC(=O)CC[C@@](C=O)(NC(=O)NCc1ccccc1)B(O)O. The Morgan fingerprint density at radius 2 is 1.91 bits per heavy atom. The summed E-state index contributed by atoms with van der Waals surface area (Å²) in [6, 6.07) is 8.24. The molecule has 0 aliphatic rings. The van der Waals surface area contributed by atoms with Crippen LogP contribution in [0.3, 0.4) is 0 Å². The molecular weight excluding hydrogens is 289 g/mol. The number of amides is 3. The molecule has 0 saturated heterocycles. The highest BCUT2D eigenvalue weighted by Crippen LogP contribution is 2.12. The average Bonchev–Trinajstić information content (AvgIpc) is 2.50. The van der Waals surface area contributed by atoms with E-state index < -0.39 is 24.5 Å². The molecule has 0 radical (unpaired) electrons. The van der Waals surface area contributed by atoms with Crippen molar-refractivity contribution in [3.63, 3.8) is 0 Å². The van der Waals surface area contributed by atoms with Gasteiger partial charge in [-0.2, -0.15) is 0 Å². The van der Waals surface area contributed by atoms with Crippen molar-refractivity contribution in [2.45, 2.75) is 24.8 Å². The Labute approximate surface area is 127 Å². The molecule has 0 saturated carbocycles. The molecule has 0 aliphatic heterocycles. The van der Waals surface area contributed by atoms with Gasteiger partial charge in [0.05, 0.1) is 0 Å². The van der Waals surface area contributed by atoms with Gasteiger partial charge in [-0.15, -0.1) is 0 Å². The van der Waals surface area contributed by atoms with Gasteiger partial charge in [-0.3, -0.25) is 4.79 Å². The van der Waals surface area contributed by atoms with Crippen molar-refractivity contribution in [2.24, 2.45) is 5.73 Å². The van der Waals surface area contributed by atoms with Crippen LogP contribution < -0.4 is 16.4 Å². The van der Waals surface area contributed by atoms with E-state index in [0.29, 0.717) is 0 Å². The van der Waals surface area contributed by atoms with E-state index in [-0.39, 0.29) is 25.7 Å². The molecule has 3 amide bonds. The van der Waals surface area contributed by atoms with E-state index in [9.17, 15) is 24.4 Å². The second kappa shape index (κ2) is 8.15. The number of rotatable bonds is 8. The summed E-state index contributed by atoms with van der Waals surface area (Å²) in [5, 5.41) is 23.3. The van der Waals surface area contributed by atoms with Gasteiger partial charge in [-0.05, 0) is 12.0 Å². The minimum Gasteiger partial charge on any atom is -0.425 e. The maximum atomic E-state index is 11.8. The summed E-state index contributed by atoms with van der Waals surface area (Å²) < 4.78 is 0.